The van der Waals surface area contributed by atoms with Crippen LogP contribution in [0.5, 0.6) is 0 Å². The van der Waals surface area contributed by atoms with Crippen molar-refractivity contribution in [2.45, 2.75) is 13.3 Å². The summed E-state index contributed by atoms with van der Waals surface area (Å²) in [5, 5.41) is 2.66. The van der Waals surface area contributed by atoms with E-state index in [1.54, 1.807) is 13.1 Å². The molecule has 0 radical (unpaired) electrons. The third-order valence-corrected chi connectivity index (χ3v) is 2.62. The molecule has 0 fully saturated rings. The Kier molecular flexibility index (Phi) is 4.50. The molecule has 2 aromatic rings. The van der Waals surface area contributed by atoms with Gasteiger partial charge in [-0.2, -0.15) is 0 Å². The van der Waals surface area contributed by atoms with Crippen LogP contribution in [-0.2, 0) is 11.2 Å². The monoisotopic (exact) mass is 256 g/mol. The van der Waals surface area contributed by atoms with Gasteiger partial charge in [-0.25, -0.2) is 9.78 Å². The Morgan fingerprint density at radius 3 is 2.74 bits per heavy atom. The molecule has 0 spiro atoms. The standard InChI is InChI=1S/C15H16N2O2/c1-2-19-15(18)17-14-13(9-6-10-16-14)11-12-7-4-3-5-8-12/h3-10H,2,11H2,1H3,(H,16,17,18). The first-order valence-corrected chi connectivity index (χ1v) is 6.21. The van der Waals surface area contributed by atoms with E-state index in [2.05, 4.69) is 10.3 Å². The number of aromatic nitrogens is 1. The largest absolute Gasteiger partial charge is 0.450 e. The fraction of sp³-hybridized carbons (Fsp3) is 0.200. The second-order valence-electron chi connectivity index (χ2n) is 4.02. The summed E-state index contributed by atoms with van der Waals surface area (Å²) < 4.78 is 4.86. The lowest BCUT2D eigenvalue weighted by Crippen LogP contribution is -2.15. The number of hydrogen-bond donors (Lipinski definition) is 1. The summed E-state index contributed by atoms with van der Waals surface area (Å²) in [5.41, 5.74) is 2.13. The molecule has 1 aromatic carbocycles. The maximum atomic E-state index is 11.4. The van der Waals surface area contributed by atoms with Crippen LogP contribution in [0.15, 0.2) is 48.7 Å². The van der Waals surface area contributed by atoms with E-state index >= 15 is 0 Å². The molecule has 0 unspecified atom stereocenters. The molecule has 1 heterocycles. The van der Waals surface area contributed by atoms with Crippen molar-refractivity contribution in [3.8, 4) is 0 Å². The molecule has 0 aliphatic carbocycles. The molecule has 0 aliphatic heterocycles. The van der Waals surface area contributed by atoms with Crippen LogP contribution in [-0.4, -0.2) is 17.7 Å². The third-order valence-electron chi connectivity index (χ3n) is 2.62. The van der Waals surface area contributed by atoms with E-state index in [9.17, 15) is 4.79 Å². The molecule has 0 aliphatic rings. The Labute approximate surface area is 112 Å². The van der Waals surface area contributed by atoms with E-state index in [0.717, 1.165) is 12.0 Å². The maximum absolute atomic E-state index is 11.4. The van der Waals surface area contributed by atoms with Crippen molar-refractivity contribution in [2.24, 2.45) is 0 Å². The van der Waals surface area contributed by atoms with Crippen LogP contribution in [0, 0.1) is 0 Å². The molecule has 19 heavy (non-hydrogen) atoms. The van der Waals surface area contributed by atoms with Crippen molar-refractivity contribution in [3.63, 3.8) is 0 Å². The number of hydrogen-bond acceptors (Lipinski definition) is 3. The first-order valence-electron chi connectivity index (χ1n) is 6.21. The Morgan fingerprint density at radius 2 is 2.00 bits per heavy atom. The zero-order chi connectivity index (χ0) is 13.5. The van der Waals surface area contributed by atoms with Crippen molar-refractivity contribution in [2.75, 3.05) is 11.9 Å². The highest BCUT2D eigenvalue weighted by Crippen LogP contribution is 2.16. The summed E-state index contributed by atoms with van der Waals surface area (Å²) in [6.07, 6.45) is 1.89. The van der Waals surface area contributed by atoms with Crippen LogP contribution in [0.2, 0.25) is 0 Å². The van der Waals surface area contributed by atoms with E-state index in [4.69, 9.17) is 4.74 Å². The van der Waals surface area contributed by atoms with E-state index < -0.39 is 6.09 Å². The minimum atomic E-state index is -0.476. The normalized spacial score (nSPS) is 9.95. The quantitative estimate of drug-likeness (QED) is 0.913. The van der Waals surface area contributed by atoms with Gasteiger partial charge in [0.2, 0.25) is 0 Å². The van der Waals surface area contributed by atoms with Gasteiger partial charge in [0.05, 0.1) is 6.61 Å². The summed E-state index contributed by atoms with van der Waals surface area (Å²) in [5.74, 6) is 0.546. The Morgan fingerprint density at radius 1 is 1.21 bits per heavy atom. The molecular weight excluding hydrogens is 240 g/mol. The summed E-state index contributed by atoms with van der Waals surface area (Å²) in [7, 11) is 0. The Balaban J connectivity index is 2.14. The highest BCUT2D eigenvalue weighted by atomic mass is 16.5. The zero-order valence-corrected chi connectivity index (χ0v) is 10.8. The molecule has 1 amide bonds. The molecule has 4 nitrogen and oxygen atoms in total. The predicted molar refractivity (Wildman–Crippen MR) is 74.1 cm³/mol. The average molecular weight is 256 g/mol. The van der Waals surface area contributed by atoms with Crippen molar-refractivity contribution in [3.05, 3.63) is 59.8 Å². The van der Waals surface area contributed by atoms with Gasteiger partial charge < -0.3 is 4.74 Å². The van der Waals surface area contributed by atoms with E-state index in [0.29, 0.717) is 12.4 Å². The number of pyridine rings is 1. The molecule has 2 rings (SSSR count). The van der Waals surface area contributed by atoms with Crippen molar-refractivity contribution in [1.29, 1.82) is 0 Å². The molecule has 0 bridgehead atoms. The maximum Gasteiger partial charge on any atom is 0.412 e. The number of anilines is 1. The second-order valence-corrected chi connectivity index (χ2v) is 4.02. The van der Waals surface area contributed by atoms with Crippen molar-refractivity contribution < 1.29 is 9.53 Å². The van der Waals surface area contributed by atoms with Gasteiger partial charge >= 0.3 is 6.09 Å². The van der Waals surface area contributed by atoms with Gasteiger partial charge in [-0.15, -0.1) is 0 Å². The minimum absolute atomic E-state index is 0.340. The smallest absolute Gasteiger partial charge is 0.412 e. The molecular formula is C15H16N2O2. The summed E-state index contributed by atoms with van der Waals surface area (Å²) in [6, 6.07) is 13.8. The number of benzene rings is 1. The molecule has 0 atom stereocenters. The number of rotatable bonds is 4. The molecule has 1 N–H and O–H groups in total. The number of carbonyl (C=O) groups excluding carboxylic acids is 1. The Bertz CT molecular complexity index is 541. The molecule has 0 saturated carbocycles. The van der Waals surface area contributed by atoms with E-state index in [1.807, 2.05) is 42.5 Å². The summed E-state index contributed by atoms with van der Waals surface area (Å²) >= 11 is 0. The first kappa shape index (κ1) is 13.1. The third kappa shape index (κ3) is 3.81. The van der Waals surface area contributed by atoms with Gasteiger partial charge in [0, 0.05) is 12.6 Å². The van der Waals surface area contributed by atoms with E-state index in [-0.39, 0.29) is 0 Å². The van der Waals surface area contributed by atoms with Crippen LogP contribution in [0.25, 0.3) is 0 Å². The number of amides is 1. The average Bonchev–Trinajstić information content (AvgIpc) is 2.42. The van der Waals surface area contributed by atoms with Crippen LogP contribution in [0.4, 0.5) is 10.6 Å². The zero-order valence-electron chi connectivity index (χ0n) is 10.8. The van der Waals surface area contributed by atoms with Crippen molar-refractivity contribution in [1.82, 2.24) is 4.98 Å². The predicted octanol–water partition coefficient (Wildman–Crippen LogP) is 3.24. The summed E-state index contributed by atoms with van der Waals surface area (Å²) in [6.45, 7) is 2.11. The van der Waals surface area contributed by atoms with E-state index in [1.165, 1.54) is 5.56 Å². The lowest BCUT2D eigenvalue weighted by molar-refractivity contribution is 0.168. The van der Waals surface area contributed by atoms with Gasteiger partial charge in [0.15, 0.2) is 0 Å². The number of carbonyl (C=O) groups is 1. The van der Waals surface area contributed by atoms with Gasteiger partial charge in [-0.3, -0.25) is 5.32 Å². The van der Waals surface area contributed by atoms with Crippen LogP contribution in [0.1, 0.15) is 18.1 Å². The SMILES string of the molecule is CCOC(=O)Nc1ncccc1Cc1ccccc1. The Hall–Kier alpha value is -2.36. The molecule has 98 valence electrons. The summed E-state index contributed by atoms with van der Waals surface area (Å²) in [4.78, 5) is 15.6. The lowest BCUT2D eigenvalue weighted by Gasteiger charge is -2.09. The van der Waals surface area contributed by atoms with Gasteiger partial charge in [-0.1, -0.05) is 36.4 Å². The minimum Gasteiger partial charge on any atom is -0.450 e. The number of nitrogens with one attached hydrogen (secondary N) is 1. The van der Waals surface area contributed by atoms with Crippen LogP contribution in [0.3, 0.4) is 0 Å². The lowest BCUT2D eigenvalue weighted by atomic mass is 10.1. The molecule has 1 aromatic heterocycles. The number of nitrogens with zero attached hydrogens (tertiary/aromatic N) is 1. The second kappa shape index (κ2) is 6.54. The van der Waals surface area contributed by atoms with Gasteiger partial charge in [-0.05, 0) is 24.1 Å². The van der Waals surface area contributed by atoms with Crippen LogP contribution >= 0.6 is 0 Å². The fourth-order valence-corrected chi connectivity index (χ4v) is 1.77. The first-order chi connectivity index (χ1) is 9.29. The fourth-order valence-electron chi connectivity index (χ4n) is 1.77. The number of ether oxygens (including phenoxy) is 1. The molecule has 0 saturated heterocycles. The van der Waals surface area contributed by atoms with Gasteiger partial charge in [0.25, 0.3) is 0 Å². The van der Waals surface area contributed by atoms with Gasteiger partial charge in [0.1, 0.15) is 5.82 Å². The van der Waals surface area contributed by atoms with Crippen LogP contribution < -0.4 is 5.32 Å². The molecule has 4 heteroatoms. The highest BCUT2D eigenvalue weighted by Gasteiger charge is 2.08. The topological polar surface area (TPSA) is 51.2 Å². The van der Waals surface area contributed by atoms with Crippen molar-refractivity contribution >= 4 is 11.9 Å². The highest BCUT2D eigenvalue weighted by molar-refractivity contribution is 5.84.